The van der Waals surface area contributed by atoms with E-state index in [0.717, 1.165) is 30.6 Å². The molecule has 1 fully saturated rings. The third-order valence-electron chi connectivity index (χ3n) is 3.74. The SMILES string of the molecule is Cc1nn(Cc2ncnn2CC(C)C)cc1CNC1CC1. The van der Waals surface area contributed by atoms with E-state index in [0.29, 0.717) is 12.5 Å². The summed E-state index contributed by atoms with van der Waals surface area (Å²) in [5, 5.41) is 12.4. The molecule has 2 heterocycles. The predicted molar refractivity (Wildman–Crippen MR) is 80.8 cm³/mol. The van der Waals surface area contributed by atoms with Crippen molar-refractivity contribution in [1.29, 1.82) is 0 Å². The van der Waals surface area contributed by atoms with Gasteiger partial charge in [-0.05, 0) is 25.7 Å². The van der Waals surface area contributed by atoms with Crippen LogP contribution in [-0.2, 0) is 19.6 Å². The van der Waals surface area contributed by atoms with Gasteiger partial charge < -0.3 is 5.32 Å². The molecule has 2 aromatic rings. The van der Waals surface area contributed by atoms with Crippen LogP contribution in [0.5, 0.6) is 0 Å². The summed E-state index contributed by atoms with van der Waals surface area (Å²) < 4.78 is 3.95. The summed E-state index contributed by atoms with van der Waals surface area (Å²) in [5.74, 6) is 1.52. The molecule has 0 unspecified atom stereocenters. The molecule has 6 heteroatoms. The van der Waals surface area contributed by atoms with Crippen molar-refractivity contribution in [3.63, 3.8) is 0 Å². The van der Waals surface area contributed by atoms with E-state index < -0.39 is 0 Å². The maximum Gasteiger partial charge on any atom is 0.148 e. The lowest BCUT2D eigenvalue weighted by atomic mass is 10.2. The Labute approximate surface area is 125 Å². The molecule has 114 valence electrons. The van der Waals surface area contributed by atoms with E-state index in [4.69, 9.17) is 0 Å². The summed E-state index contributed by atoms with van der Waals surface area (Å²) in [4.78, 5) is 4.36. The molecule has 6 nitrogen and oxygen atoms in total. The van der Waals surface area contributed by atoms with Crippen molar-refractivity contribution in [3.8, 4) is 0 Å². The Balaban J connectivity index is 1.66. The predicted octanol–water partition coefficient (Wildman–Crippen LogP) is 1.74. The number of aryl methyl sites for hydroxylation is 1. The first kappa shape index (κ1) is 14.3. The van der Waals surface area contributed by atoms with Crippen LogP contribution in [0.15, 0.2) is 12.5 Å². The van der Waals surface area contributed by atoms with Crippen molar-refractivity contribution in [3.05, 3.63) is 29.6 Å². The quantitative estimate of drug-likeness (QED) is 0.843. The zero-order chi connectivity index (χ0) is 14.8. The molecule has 0 spiro atoms. The first-order chi connectivity index (χ1) is 10.1. The van der Waals surface area contributed by atoms with E-state index in [1.165, 1.54) is 18.4 Å². The number of nitrogens with one attached hydrogen (secondary N) is 1. The highest BCUT2D eigenvalue weighted by atomic mass is 15.4. The maximum atomic E-state index is 4.60. The summed E-state index contributed by atoms with van der Waals surface area (Å²) in [6, 6.07) is 0.724. The minimum Gasteiger partial charge on any atom is -0.310 e. The number of rotatable bonds is 7. The van der Waals surface area contributed by atoms with Gasteiger partial charge in [-0.25, -0.2) is 9.67 Å². The Morgan fingerprint density at radius 3 is 2.90 bits per heavy atom. The van der Waals surface area contributed by atoms with E-state index >= 15 is 0 Å². The topological polar surface area (TPSA) is 60.6 Å². The van der Waals surface area contributed by atoms with Gasteiger partial charge in [0.05, 0.1) is 5.69 Å². The fourth-order valence-corrected chi connectivity index (χ4v) is 2.41. The van der Waals surface area contributed by atoms with Gasteiger partial charge in [0.15, 0.2) is 0 Å². The standard InChI is InChI=1S/C15H24N6/c1-11(2)7-21-15(17-10-18-21)9-20-8-13(12(3)19-20)6-16-14-4-5-14/h8,10-11,14,16H,4-7,9H2,1-3H3. The fourth-order valence-electron chi connectivity index (χ4n) is 2.41. The molecule has 1 saturated carbocycles. The second kappa shape index (κ2) is 5.97. The van der Waals surface area contributed by atoms with Gasteiger partial charge in [0.1, 0.15) is 18.7 Å². The summed E-state index contributed by atoms with van der Waals surface area (Å²) in [6.45, 7) is 8.92. The summed E-state index contributed by atoms with van der Waals surface area (Å²) in [6.07, 6.45) is 6.37. The van der Waals surface area contributed by atoms with Crippen LogP contribution in [0.4, 0.5) is 0 Å². The smallest absolute Gasteiger partial charge is 0.148 e. The van der Waals surface area contributed by atoms with Gasteiger partial charge in [-0.1, -0.05) is 13.8 Å². The fraction of sp³-hybridized carbons (Fsp3) is 0.667. The van der Waals surface area contributed by atoms with Crippen molar-refractivity contribution in [1.82, 2.24) is 29.9 Å². The minimum absolute atomic E-state index is 0.558. The lowest BCUT2D eigenvalue weighted by Crippen LogP contribution is -2.15. The van der Waals surface area contributed by atoms with E-state index in [1.54, 1.807) is 6.33 Å². The second-order valence-electron chi connectivity index (χ2n) is 6.34. The average molecular weight is 288 g/mol. The Morgan fingerprint density at radius 2 is 2.19 bits per heavy atom. The van der Waals surface area contributed by atoms with Gasteiger partial charge in [-0.2, -0.15) is 10.2 Å². The van der Waals surface area contributed by atoms with Gasteiger partial charge >= 0.3 is 0 Å². The minimum atomic E-state index is 0.558. The van der Waals surface area contributed by atoms with Gasteiger partial charge in [0.25, 0.3) is 0 Å². The molecule has 0 atom stereocenters. The molecule has 1 aliphatic carbocycles. The molecule has 3 rings (SSSR count). The summed E-state index contributed by atoms with van der Waals surface area (Å²) >= 11 is 0. The molecule has 1 aliphatic rings. The van der Waals surface area contributed by atoms with Gasteiger partial charge in [-0.3, -0.25) is 4.68 Å². The van der Waals surface area contributed by atoms with Crippen LogP contribution in [0.1, 0.15) is 43.8 Å². The van der Waals surface area contributed by atoms with E-state index in [9.17, 15) is 0 Å². The van der Waals surface area contributed by atoms with Crippen LogP contribution in [0.3, 0.4) is 0 Å². The Kier molecular flexibility index (Phi) is 4.05. The highest BCUT2D eigenvalue weighted by molar-refractivity contribution is 5.16. The number of hydrogen-bond acceptors (Lipinski definition) is 4. The van der Waals surface area contributed by atoms with Crippen molar-refractivity contribution in [2.45, 2.75) is 59.3 Å². The Morgan fingerprint density at radius 1 is 1.38 bits per heavy atom. The van der Waals surface area contributed by atoms with Gasteiger partial charge in [0.2, 0.25) is 0 Å². The molecule has 0 radical (unpaired) electrons. The van der Waals surface area contributed by atoms with Crippen LogP contribution < -0.4 is 5.32 Å². The van der Waals surface area contributed by atoms with Crippen molar-refractivity contribution in [2.24, 2.45) is 5.92 Å². The van der Waals surface area contributed by atoms with Crippen molar-refractivity contribution in [2.75, 3.05) is 0 Å². The first-order valence-corrected chi connectivity index (χ1v) is 7.75. The lowest BCUT2D eigenvalue weighted by Gasteiger charge is -2.08. The third kappa shape index (κ3) is 3.69. The normalized spacial score (nSPS) is 15.0. The van der Waals surface area contributed by atoms with Crippen LogP contribution in [-0.4, -0.2) is 30.6 Å². The molecule has 0 aromatic carbocycles. The zero-order valence-corrected chi connectivity index (χ0v) is 13.1. The zero-order valence-electron chi connectivity index (χ0n) is 13.1. The van der Waals surface area contributed by atoms with Crippen LogP contribution in [0.25, 0.3) is 0 Å². The largest absolute Gasteiger partial charge is 0.310 e. The average Bonchev–Trinajstić information content (AvgIpc) is 3.06. The maximum absolute atomic E-state index is 4.60. The molecule has 0 bridgehead atoms. The molecule has 0 aliphatic heterocycles. The van der Waals surface area contributed by atoms with Crippen molar-refractivity contribution >= 4 is 0 Å². The van der Waals surface area contributed by atoms with Crippen LogP contribution in [0.2, 0.25) is 0 Å². The van der Waals surface area contributed by atoms with Crippen LogP contribution >= 0.6 is 0 Å². The van der Waals surface area contributed by atoms with E-state index in [1.807, 2.05) is 9.36 Å². The summed E-state index contributed by atoms with van der Waals surface area (Å²) in [7, 11) is 0. The first-order valence-electron chi connectivity index (χ1n) is 7.75. The second-order valence-corrected chi connectivity index (χ2v) is 6.34. The Hall–Kier alpha value is -1.69. The molecular weight excluding hydrogens is 264 g/mol. The third-order valence-corrected chi connectivity index (χ3v) is 3.74. The Bertz CT molecular complexity index is 593. The number of hydrogen-bond donors (Lipinski definition) is 1. The van der Waals surface area contributed by atoms with E-state index in [-0.39, 0.29) is 0 Å². The molecule has 0 amide bonds. The highest BCUT2D eigenvalue weighted by Crippen LogP contribution is 2.19. The summed E-state index contributed by atoms with van der Waals surface area (Å²) in [5.41, 5.74) is 2.37. The van der Waals surface area contributed by atoms with Gasteiger partial charge in [-0.15, -0.1) is 0 Å². The molecule has 21 heavy (non-hydrogen) atoms. The van der Waals surface area contributed by atoms with Crippen molar-refractivity contribution < 1.29 is 0 Å². The molecule has 1 N–H and O–H groups in total. The monoisotopic (exact) mass is 288 g/mol. The van der Waals surface area contributed by atoms with E-state index in [2.05, 4.69) is 47.5 Å². The molecule has 0 saturated heterocycles. The molecular formula is C15H24N6. The number of aromatic nitrogens is 5. The number of nitrogens with zero attached hydrogens (tertiary/aromatic N) is 5. The lowest BCUT2D eigenvalue weighted by molar-refractivity contribution is 0.456. The van der Waals surface area contributed by atoms with Gasteiger partial charge in [0, 0.05) is 30.9 Å². The van der Waals surface area contributed by atoms with Crippen LogP contribution in [0, 0.1) is 12.8 Å². The highest BCUT2D eigenvalue weighted by Gasteiger charge is 2.20. The molecule has 2 aromatic heterocycles.